The Hall–Kier alpha value is -2.45. The van der Waals surface area contributed by atoms with Gasteiger partial charge in [0.2, 0.25) is 0 Å². The molecule has 4 rings (SSSR count). The van der Waals surface area contributed by atoms with E-state index in [9.17, 15) is 13.2 Å². The highest BCUT2D eigenvalue weighted by Gasteiger charge is 2.30. The molecule has 2 heterocycles. The Bertz CT molecular complexity index is 1020. The van der Waals surface area contributed by atoms with Crippen LogP contribution in [0.15, 0.2) is 59.6 Å². The van der Waals surface area contributed by atoms with Crippen LogP contribution >= 0.6 is 11.8 Å². The number of halogens is 3. The molecule has 1 fully saturated rings. The summed E-state index contributed by atoms with van der Waals surface area (Å²) in [4.78, 5) is 7.48. The van der Waals surface area contributed by atoms with E-state index in [4.69, 9.17) is 0 Å². The van der Waals surface area contributed by atoms with Gasteiger partial charge in [-0.1, -0.05) is 6.07 Å². The minimum Gasteiger partial charge on any atom is -0.385 e. The summed E-state index contributed by atoms with van der Waals surface area (Å²) in [6.45, 7) is 5.03. The molecule has 0 atom stereocenters. The number of nitrogens with zero attached hydrogens (tertiary/aromatic N) is 2. The minimum absolute atomic E-state index is 0.385. The smallest absolute Gasteiger partial charge is 0.385 e. The van der Waals surface area contributed by atoms with Crippen LogP contribution in [0.4, 0.5) is 24.5 Å². The average Bonchev–Trinajstić information content (AvgIpc) is 2.81. The maximum atomic E-state index is 12.9. The summed E-state index contributed by atoms with van der Waals surface area (Å²) < 4.78 is 38.8. The number of pyridine rings is 1. The molecule has 0 bridgehead atoms. The molecule has 2 aromatic carbocycles. The fourth-order valence-electron chi connectivity index (χ4n) is 3.78. The number of fused-ring (bicyclic) bond motifs is 1. The van der Waals surface area contributed by atoms with Crippen molar-refractivity contribution in [1.29, 1.82) is 0 Å². The molecule has 2 N–H and O–H groups in total. The first-order valence-corrected chi connectivity index (χ1v) is 11.9. The van der Waals surface area contributed by atoms with Gasteiger partial charge >= 0.3 is 6.18 Å². The van der Waals surface area contributed by atoms with Crippen molar-refractivity contribution in [3.8, 4) is 0 Å². The maximum absolute atomic E-state index is 12.9. The Morgan fingerprint density at radius 2 is 1.78 bits per heavy atom. The molecular formula is C24H27F3N4S. The molecule has 1 saturated heterocycles. The van der Waals surface area contributed by atoms with Crippen LogP contribution < -0.4 is 15.5 Å². The topological polar surface area (TPSA) is 40.2 Å². The van der Waals surface area contributed by atoms with Crippen LogP contribution in [0.3, 0.4) is 0 Å². The number of piperazine rings is 1. The highest BCUT2D eigenvalue weighted by Crippen LogP contribution is 2.33. The van der Waals surface area contributed by atoms with Gasteiger partial charge in [0.15, 0.2) is 0 Å². The first-order chi connectivity index (χ1) is 15.5. The van der Waals surface area contributed by atoms with Gasteiger partial charge in [-0.25, -0.2) is 0 Å². The van der Waals surface area contributed by atoms with Gasteiger partial charge in [-0.15, -0.1) is 11.8 Å². The predicted molar refractivity (Wildman–Crippen MR) is 127 cm³/mol. The summed E-state index contributed by atoms with van der Waals surface area (Å²) in [6, 6.07) is 14.2. The summed E-state index contributed by atoms with van der Waals surface area (Å²) in [7, 11) is 0. The third kappa shape index (κ3) is 5.86. The molecule has 0 unspecified atom stereocenters. The lowest BCUT2D eigenvalue weighted by Crippen LogP contribution is -2.43. The molecule has 3 aromatic rings. The van der Waals surface area contributed by atoms with Crippen molar-refractivity contribution in [2.24, 2.45) is 0 Å². The van der Waals surface area contributed by atoms with Crippen LogP contribution in [0.1, 0.15) is 18.4 Å². The SMILES string of the molecule is FC(F)(F)c1ccc2c(SCCCCNc3ccc(N4CCNCC4)cc3)ccnc2c1. The Labute approximate surface area is 190 Å². The van der Waals surface area contributed by atoms with Crippen molar-refractivity contribution in [3.63, 3.8) is 0 Å². The predicted octanol–water partition coefficient (Wildman–Crippen LogP) is 5.65. The van der Waals surface area contributed by atoms with Crippen LogP contribution in [-0.4, -0.2) is 43.5 Å². The van der Waals surface area contributed by atoms with E-state index in [1.54, 1.807) is 18.0 Å². The van der Waals surface area contributed by atoms with E-state index >= 15 is 0 Å². The molecule has 0 saturated carbocycles. The van der Waals surface area contributed by atoms with Crippen LogP contribution in [0.5, 0.6) is 0 Å². The van der Waals surface area contributed by atoms with Gasteiger partial charge in [0.25, 0.3) is 0 Å². The van der Waals surface area contributed by atoms with Crippen molar-refractivity contribution < 1.29 is 13.2 Å². The van der Waals surface area contributed by atoms with Gasteiger partial charge in [0.1, 0.15) is 0 Å². The summed E-state index contributed by atoms with van der Waals surface area (Å²) in [5.41, 5.74) is 2.11. The molecule has 1 aliphatic heterocycles. The second-order valence-electron chi connectivity index (χ2n) is 7.81. The number of anilines is 2. The van der Waals surface area contributed by atoms with E-state index < -0.39 is 11.7 Å². The number of hydrogen-bond donors (Lipinski definition) is 2. The molecule has 32 heavy (non-hydrogen) atoms. The monoisotopic (exact) mass is 460 g/mol. The van der Waals surface area contributed by atoms with Gasteiger partial charge in [0, 0.05) is 60.6 Å². The molecule has 170 valence electrons. The van der Waals surface area contributed by atoms with Crippen LogP contribution in [0.25, 0.3) is 10.9 Å². The molecule has 0 aliphatic carbocycles. The number of nitrogens with one attached hydrogen (secondary N) is 2. The maximum Gasteiger partial charge on any atom is 0.416 e. The Morgan fingerprint density at radius 3 is 2.53 bits per heavy atom. The number of aromatic nitrogens is 1. The highest BCUT2D eigenvalue weighted by atomic mass is 32.2. The average molecular weight is 461 g/mol. The number of rotatable bonds is 8. The van der Waals surface area contributed by atoms with Gasteiger partial charge in [-0.3, -0.25) is 4.98 Å². The lowest BCUT2D eigenvalue weighted by atomic mass is 10.1. The minimum atomic E-state index is -4.35. The zero-order chi connectivity index (χ0) is 22.4. The third-order valence-electron chi connectivity index (χ3n) is 5.54. The van der Waals surface area contributed by atoms with E-state index in [-0.39, 0.29) is 0 Å². The van der Waals surface area contributed by atoms with E-state index in [0.29, 0.717) is 5.52 Å². The van der Waals surface area contributed by atoms with Crippen molar-refractivity contribution in [3.05, 3.63) is 60.3 Å². The van der Waals surface area contributed by atoms with Gasteiger partial charge in [-0.05, 0) is 61.1 Å². The number of benzene rings is 2. The Morgan fingerprint density at radius 1 is 1.00 bits per heavy atom. The molecule has 0 spiro atoms. The lowest BCUT2D eigenvalue weighted by Gasteiger charge is -2.29. The molecule has 4 nitrogen and oxygen atoms in total. The standard InChI is InChI=1S/C24H27F3N4S/c25-24(26,27)18-3-8-21-22(17-18)30-11-9-23(21)32-16-2-1-10-29-19-4-6-20(7-5-19)31-14-12-28-13-15-31/h3-9,11,17,28-29H,1-2,10,12-16H2. The Kier molecular flexibility index (Phi) is 7.42. The fraction of sp³-hybridized carbons (Fsp3) is 0.375. The normalized spacial score (nSPS) is 14.7. The van der Waals surface area contributed by atoms with E-state index in [0.717, 1.165) is 79.4 Å². The molecule has 8 heteroatoms. The fourth-order valence-corrected chi connectivity index (χ4v) is 4.83. The van der Waals surface area contributed by atoms with Crippen molar-refractivity contribution in [1.82, 2.24) is 10.3 Å². The second-order valence-corrected chi connectivity index (χ2v) is 8.94. The first-order valence-electron chi connectivity index (χ1n) is 10.9. The first kappa shape index (κ1) is 22.7. The number of thioether (sulfide) groups is 1. The molecular weight excluding hydrogens is 433 g/mol. The largest absolute Gasteiger partial charge is 0.416 e. The molecule has 0 radical (unpaired) electrons. The highest BCUT2D eigenvalue weighted by molar-refractivity contribution is 7.99. The molecule has 0 amide bonds. The van der Waals surface area contributed by atoms with Crippen LogP contribution in [0, 0.1) is 0 Å². The van der Waals surface area contributed by atoms with Gasteiger partial charge < -0.3 is 15.5 Å². The van der Waals surface area contributed by atoms with Crippen LogP contribution in [-0.2, 0) is 6.18 Å². The summed E-state index contributed by atoms with van der Waals surface area (Å²) in [6.07, 6.45) is -0.734. The second kappa shape index (κ2) is 10.4. The van der Waals surface area contributed by atoms with Crippen molar-refractivity contribution >= 4 is 34.0 Å². The summed E-state index contributed by atoms with van der Waals surface area (Å²) in [5.74, 6) is 0.906. The van der Waals surface area contributed by atoms with Gasteiger partial charge in [0.05, 0.1) is 11.1 Å². The summed E-state index contributed by atoms with van der Waals surface area (Å²) in [5, 5.41) is 7.61. The third-order valence-corrected chi connectivity index (χ3v) is 6.70. The zero-order valence-corrected chi connectivity index (χ0v) is 18.6. The van der Waals surface area contributed by atoms with E-state index in [1.807, 2.05) is 6.07 Å². The number of unbranched alkanes of at least 4 members (excludes halogenated alkanes) is 1. The Balaban J connectivity index is 1.21. The number of alkyl halides is 3. The summed E-state index contributed by atoms with van der Waals surface area (Å²) >= 11 is 1.67. The molecule has 1 aromatic heterocycles. The van der Waals surface area contributed by atoms with E-state index in [1.165, 1.54) is 11.8 Å². The van der Waals surface area contributed by atoms with Crippen LogP contribution in [0.2, 0.25) is 0 Å². The van der Waals surface area contributed by atoms with Gasteiger partial charge in [-0.2, -0.15) is 13.2 Å². The molecule has 1 aliphatic rings. The van der Waals surface area contributed by atoms with E-state index in [2.05, 4.69) is 44.8 Å². The number of hydrogen-bond acceptors (Lipinski definition) is 5. The zero-order valence-electron chi connectivity index (χ0n) is 17.8. The van der Waals surface area contributed by atoms with Crippen molar-refractivity contribution in [2.75, 3.05) is 48.7 Å². The lowest BCUT2D eigenvalue weighted by molar-refractivity contribution is -0.137. The van der Waals surface area contributed by atoms with Crippen molar-refractivity contribution in [2.45, 2.75) is 23.9 Å². The quantitative estimate of drug-likeness (QED) is 0.336.